The van der Waals surface area contributed by atoms with Gasteiger partial charge < -0.3 is 15.0 Å². The topological polar surface area (TPSA) is 100 Å². The van der Waals surface area contributed by atoms with Gasteiger partial charge in [0.15, 0.2) is 0 Å². The number of hydrogen-bond acceptors (Lipinski definition) is 6. The summed E-state index contributed by atoms with van der Waals surface area (Å²) in [5.74, 6) is 0.226. The lowest BCUT2D eigenvalue weighted by Gasteiger charge is -2.33. The number of anilines is 1. The van der Waals surface area contributed by atoms with Gasteiger partial charge in [0.05, 0.1) is 24.4 Å². The lowest BCUT2D eigenvalue weighted by atomic mass is 9.91. The molecule has 4 rings (SSSR count). The van der Waals surface area contributed by atoms with Crippen molar-refractivity contribution >= 4 is 27.0 Å². The van der Waals surface area contributed by atoms with Gasteiger partial charge in [-0.3, -0.25) is 0 Å². The van der Waals surface area contributed by atoms with Gasteiger partial charge in [-0.15, -0.1) is 0 Å². The molecule has 2 aromatic heterocycles. The predicted molar refractivity (Wildman–Crippen MR) is 105 cm³/mol. The number of aromatic nitrogens is 3. The Bertz CT molecular complexity index is 985. The van der Waals surface area contributed by atoms with Gasteiger partial charge in [-0.05, 0) is 25.3 Å². The standard InChI is InChI=1S/C18H25F2N5O3S/c1-29(27,28)24-6-5-15(14(20)10-24)22-18-21-9-11-4-7-25(17(11)23-18)16-3-2-12(26)8-13(16)19/h4,7,9,12-16,26H,2-3,5-6,8,10H2,1H3,(H,21,22,23)/t12-,13-,14+,15+,16+/m0/s1. The number of nitrogens with zero attached hydrogens (tertiary/aromatic N) is 4. The van der Waals surface area contributed by atoms with Crippen LogP contribution in [0.4, 0.5) is 14.7 Å². The molecular formula is C18H25F2N5O3S. The normalized spacial score (nSPS) is 31.8. The zero-order valence-corrected chi connectivity index (χ0v) is 16.9. The van der Waals surface area contributed by atoms with Crippen LogP contribution in [-0.2, 0) is 10.0 Å². The number of fused-ring (bicyclic) bond motifs is 1. The Balaban J connectivity index is 1.52. The molecule has 2 aromatic rings. The molecule has 1 aliphatic carbocycles. The van der Waals surface area contributed by atoms with E-state index >= 15 is 0 Å². The average molecular weight is 429 g/mol. The maximum Gasteiger partial charge on any atom is 0.224 e. The maximum atomic E-state index is 14.5. The number of rotatable bonds is 4. The third-order valence-electron chi connectivity index (χ3n) is 5.81. The Morgan fingerprint density at radius 1 is 1.24 bits per heavy atom. The quantitative estimate of drug-likeness (QED) is 0.767. The first kappa shape index (κ1) is 20.4. The van der Waals surface area contributed by atoms with Crippen molar-refractivity contribution < 1.29 is 22.3 Å². The summed E-state index contributed by atoms with van der Waals surface area (Å²) in [6.45, 7) is 0.0204. The maximum absolute atomic E-state index is 14.5. The number of aliphatic hydroxyl groups excluding tert-OH is 1. The van der Waals surface area contributed by atoms with Gasteiger partial charge in [0.2, 0.25) is 16.0 Å². The van der Waals surface area contributed by atoms with Crippen molar-refractivity contribution in [3.8, 4) is 0 Å². The van der Waals surface area contributed by atoms with Crippen LogP contribution < -0.4 is 5.32 Å². The van der Waals surface area contributed by atoms with Gasteiger partial charge in [0.1, 0.15) is 18.0 Å². The zero-order valence-electron chi connectivity index (χ0n) is 16.1. The summed E-state index contributed by atoms with van der Waals surface area (Å²) in [5, 5.41) is 13.4. The molecule has 0 amide bonds. The fourth-order valence-electron chi connectivity index (χ4n) is 4.17. The van der Waals surface area contributed by atoms with Crippen LogP contribution in [0.2, 0.25) is 0 Å². The van der Waals surface area contributed by atoms with Crippen molar-refractivity contribution in [3.05, 3.63) is 18.5 Å². The summed E-state index contributed by atoms with van der Waals surface area (Å²) in [7, 11) is -3.43. The van der Waals surface area contributed by atoms with Crippen LogP contribution in [0.1, 0.15) is 31.7 Å². The van der Waals surface area contributed by atoms with E-state index in [4.69, 9.17) is 0 Å². The molecule has 0 aromatic carbocycles. The van der Waals surface area contributed by atoms with Crippen LogP contribution in [0.5, 0.6) is 0 Å². The highest BCUT2D eigenvalue weighted by molar-refractivity contribution is 7.88. The van der Waals surface area contributed by atoms with Gasteiger partial charge >= 0.3 is 0 Å². The lowest BCUT2D eigenvalue weighted by Crippen LogP contribution is -2.49. The van der Waals surface area contributed by atoms with Gasteiger partial charge in [-0.1, -0.05) is 0 Å². The molecule has 0 spiro atoms. The van der Waals surface area contributed by atoms with E-state index in [-0.39, 0.29) is 25.5 Å². The lowest BCUT2D eigenvalue weighted by molar-refractivity contribution is 0.0534. The molecule has 29 heavy (non-hydrogen) atoms. The SMILES string of the molecule is CS(=O)(=O)N1CC[C@@H](Nc2ncc3ccn([C@@H]4CC[C@H](O)C[C@@H]4F)c3n2)[C@H](F)C1. The van der Waals surface area contributed by atoms with E-state index in [1.54, 1.807) is 23.0 Å². The molecule has 0 bridgehead atoms. The number of sulfonamides is 1. The molecule has 5 atom stereocenters. The van der Waals surface area contributed by atoms with E-state index in [1.807, 2.05) is 0 Å². The molecule has 1 saturated heterocycles. The van der Waals surface area contributed by atoms with Crippen LogP contribution in [0.3, 0.4) is 0 Å². The number of piperidine rings is 1. The average Bonchev–Trinajstić information content (AvgIpc) is 3.05. The van der Waals surface area contributed by atoms with Crippen LogP contribution in [0.25, 0.3) is 11.0 Å². The second kappa shape index (κ2) is 7.77. The minimum atomic E-state index is -3.43. The van der Waals surface area contributed by atoms with E-state index in [1.165, 1.54) is 0 Å². The van der Waals surface area contributed by atoms with Crippen molar-refractivity contribution in [2.45, 2.75) is 56.2 Å². The number of aliphatic hydroxyl groups is 1. The Hall–Kier alpha value is -1.85. The second-order valence-corrected chi connectivity index (χ2v) is 9.90. The summed E-state index contributed by atoms with van der Waals surface area (Å²) in [6.07, 6.45) is 2.70. The second-order valence-electron chi connectivity index (χ2n) is 7.92. The van der Waals surface area contributed by atoms with Gasteiger partial charge in [0.25, 0.3) is 0 Å². The van der Waals surface area contributed by atoms with Crippen LogP contribution in [0, 0.1) is 0 Å². The summed E-state index contributed by atoms with van der Waals surface area (Å²) >= 11 is 0. The highest BCUT2D eigenvalue weighted by atomic mass is 32.2. The molecular weight excluding hydrogens is 404 g/mol. The molecule has 3 heterocycles. The fourth-order valence-corrected chi connectivity index (χ4v) is 5.02. The van der Waals surface area contributed by atoms with E-state index in [0.717, 1.165) is 15.9 Å². The molecule has 11 heteroatoms. The van der Waals surface area contributed by atoms with Crippen molar-refractivity contribution in [3.63, 3.8) is 0 Å². The van der Waals surface area contributed by atoms with E-state index in [2.05, 4.69) is 15.3 Å². The van der Waals surface area contributed by atoms with E-state index in [9.17, 15) is 22.3 Å². The molecule has 2 aliphatic rings. The molecule has 1 saturated carbocycles. The Morgan fingerprint density at radius 2 is 2.03 bits per heavy atom. The van der Waals surface area contributed by atoms with Crippen molar-refractivity contribution in [2.75, 3.05) is 24.7 Å². The number of hydrogen-bond donors (Lipinski definition) is 2. The zero-order chi connectivity index (χ0) is 20.8. The number of alkyl halides is 2. The minimum Gasteiger partial charge on any atom is -0.393 e. The first-order valence-electron chi connectivity index (χ1n) is 9.74. The molecule has 160 valence electrons. The number of nitrogens with one attached hydrogen (secondary N) is 1. The van der Waals surface area contributed by atoms with Crippen LogP contribution >= 0.6 is 0 Å². The third-order valence-corrected chi connectivity index (χ3v) is 7.08. The first-order valence-corrected chi connectivity index (χ1v) is 11.6. The molecule has 2 N–H and O–H groups in total. The van der Waals surface area contributed by atoms with Gasteiger partial charge in [0, 0.05) is 37.3 Å². The molecule has 2 fully saturated rings. The van der Waals surface area contributed by atoms with Crippen molar-refractivity contribution in [1.82, 2.24) is 18.8 Å². The highest BCUT2D eigenvalue weighted by Crippen LogP contribution is 2.33. The van der Waals surface area contributed by atoms with E-state index < -0.39 is 40.6 Å². The Labute approximate surface area is 168 Å². The van der Waals surface area contributed by atoms with Crippen LogP contribution in [-0.4, -0.2) is 76.2 Å². The van der Waals surface area contributed by atoms with Gasteiger partial charge in [-0.25, -0.2) is 22.2 Å². The van der Waals surface area contributed by atoms with Gasteiger partial charge in [-0.2, -0.15) is 9.29 Å². The summed E-state index contributed by atoms with van der Waals surface area (Å²) in [6, 6.07) is 0.789. The fraction of sp³-hybridized carbons (Fsp3) is 0.667. The molecule has 0 unspecified atom stereocenters. The number of halogens is 2. The molecule has 8 nitrogen and oxygen atoms in total. The largest absolute Gasteiger partial charge is 0.393 e. The summed E-state index contributed by atoms with van der Waals surface area (Å²) in [4.78, 5) is 8.70. The molecule has 0 radical (unpaired) electrons. The highest BCUT2D eigenvalue weighted by Gasteiger charge is 2.34. The Morgan fingerprint density at radius 3 is 2.72 bits per heavy atom. The van der Waals surface area contributed by atoms with E-state index in [0.29, 0.717) is 24.9 Å². The summed E-state index contributed by atoms with van der Waals surface area (Å²) < 4.78 is 55.1. The third kappa shape index (κ3) is 4.22. The minimum absolute atomic E-state index is 0.100. The summed E-state index contributed by atoms with van der Waals surface area (Å²) in [5.41, 5.74) is 0.551. The molecule has 1 aliphatic heterocycles. The van der Waals surface area contributed by atoms with Crippen LogP contribution in [0.15, 0.2) is 18.5 Å². The smallest absolute Gasteiger partial charge is 0.224 e. The first-order chi connectivity index (χ1) is 13.7. The predicted octanol–water partition coefficient (Wildman–Crippen LogP) is 1.64. The Kier molecular flexibility index (Phi) is 5.47. The van der Waals surface area contributed by atoms with Crippen molar-refractivity contribution in [2.24, 2.45) is 0 Å². The van der Waals surface area contributed by atoms with Crippen molar-refractivity contribution in [1.29, 1.82) is 0 Å². The monoisotopic (exact) mass is 429 g/mol.